The zero-order valence-electron chi connectivity index (χ0n) is 11.7. The normalized spacial score (nSPS) is 13.1. The highest BCUT2D eigenvalue weighted by atomic mass is 79.9. The van der Waals surface area contributed by atoms with E-state index < -0.39 is 6.10 Å². The van der Waals surface area contributed by atoms with Gasteiger partial charge in [-0.15, -0.1) is 0 Å². The molecule has 0 aliphatic heterocycles. The van der Waals surface area contributed by atoms with Crippen LogP contribution in [0.15, 0.2) is 28.7 Å². The van der Waals surface area contributed by atoms with Gasteiger partial charge in [-0.25, -0.2) is 0 Å². The molecule has 1 rings (SSSR count). The fraction of sp³-hybridized carbons (Fsp3) is 0.533. The Morgan fingerprint density at radius 2 is 2.11 bits per heavy atom. The largest absolute Gasteiger partial charge is 0.391 e. The Hall–Kier alpha value is -0.870. The summed E-state index contributed by atoms with van der Waals surface area (Å²) < 4.78 is 1.02. The molecule has 0 fully saturated rings. The van der Waals surface area contributed by atoms with Crippen LogP contribution >= 0.6 is 15.9 Å². The van der Waals surface area contributed by atoms with Crippen LogP contribution in [0.5, 0.6) is 0 Å². The summed E-state index contributed by atoms with van der Waals surface area (Å²) in [6, 6.07) is 7.93. The summed E-state index contributed by atoms with van der Waals surface area (Å²) in [4.78, 5) is 11.7. The Balaban J connectivity index is 2.33. The number of benzene rings is 1. The van der Waals surface area contributed by atoms with E-state index in [-0.39, 0.29) is 11.3 Å². The molecule has 0 heterocycles. The summed E-state index contributed by atoms with van der Waals surface area (Å²) in [5, 5.41) is 12.6. The van der Waals surface area contributed by atoms with Gasteiger partial charge in [0.2, 0.25) is 5.91 Å². The number of aliphatic hydroxyl groups excluding tert-OH is 1. The molecule has 19 heavy (non-hydrogen) atoms. The van der Waals surface area contributed by atoms with E-state index in [4.69, 9.17) is 0 Å². The number of aliphatic hydroxyl groups is 1. The average Bonchev–Trinajstić information content (AvgIpc) is 2.32. The first kappa shape index (κ1) is 16.2. The van der Waals surface area contributed by atoms with Crippen LogP contribution in [0.4, 0.5) is 0 Å². The summed E-state index contributed by atoms with van der Waals surface area (Å²) in [5.74, 6) is -0.0247. The van der Waals surface area contributed by atoms with Crippen molar-refractivity contribution >= 4 is 21.8 Å². The third-order valence-corrected chi connectivity index (χ3v) is 3.52. The molecule has 1 aromatic carbocycles. The van der Waals surface area contributed by atoms with Gasteiger partial charge in [-0.1, -0.05) is 48.8 Å². The number of nitrogens with one attached hydrogen (secondary N) is 1. The maximum atomic E-state index is 11.7. The topological polar surface area (TPSA) is 49.3 Å². The van der Waals surface area contributed by atoms with Crippen LogP contribution < -0.4 is 5.32 Å². The molecule has 0 aromatic heterocycles. The van der Waals surface area contributed by atoms with Crippen molar-refractivity contribution in [2.75, 3.05) is 6.54 Å². The minimum atomic E-state index is -0.526. The van der Waals surface area contributed by atoms with Gasteiger partial charge in [-0.05, 0) is 29.5 Å². The Kier molecular flexibility index (Phi) is 6.01. The van der Waals surface area contributed by atoms with Crippen molar-refractivity contribution in [2.45, 2.75) is 39.7 Å². The maximum absolute atomic E-state index is 11.7. The first-order valence-corrected chi connectivity index (χ1v) is 7.27. The van der Waals surface area contributed by atoms with Gasteiger partial charge in [0.1, 0.15) is 0 Å². The van der Waals surface area contributed by atoms with Gasteiger partial charge in [-0.2, -0.15) is 0 Å². The number of carbonyl (C=O) groups is 1. The number of hydrogen-bond donors (Lipinski definition) is 2. The number of rotatable bonds is 5. The van der Waals surface area contributed by atoms with Crippen LogP contribution in [-0.2, 0) is 11.2 Å². The zero-order chi connectivity index (χ0) is 14.5. The van der Waals surface area contributed by atoms with Crippen molar-refractivity contribution < 1.29 is 9.90 Å². The lowest BCUT2D eigenvalue weighted by atomic mass is 9.89. The van der Waals surface area contributed by atoms with E-state index in [1.807, 2.05) is 45.0 Å². The Morgan fingerprint density at radius 1 is 1.42 bits per heavy atom. The zero-order valence-corrected chi connectivity index (χ0v) is 13.3. The van der Waals surface area contributed by atoms with Crippen LogP contribution in [0.3, 0.4) is 0 Å². The molecule has 0 aliphatic rings. The average molecular weight is 328 g/mol. The number of aryl methyl sites for hydroxylation is 1. The van der Waals surface area contributed by atoms with Crippen molar-refractivity contribution in [3.05, 3.63) is 34.3 Å². The first-order chi connectivity index (χ1) is 8.79. The lowest BCUT2D eigenvalue weighted by molar-refractivity contribution is -0.121. The first-order valence-electron chi connectivity index (χ1n) is 6.48. The molecule has 1 aromatic rings. The second kappa shape index (κ2) is 7.06. The highest BCUT2D eigenvalue weighted by Gasteiger charge is 2.22. The monoisotopic (exact) mass is 327 g/mol. The highest BCUT2D eigenvalue weighted by molar-refractivity contribution is 9.10. The van der Waals surface area contributed by atoms with E-state index in [2.05, 4.69) is 21.2 Å². The fourth-order valence-corrected chi connectivity index (χ4v) is 2.00. The second-order valence-electron chi connectivity index (χ2n) is 5.82. The lowest BCUT2D eigenvalue weighted by Crippen LogP contribution is -2.39. The summed E-state index contributed by atoms with van der Waals surface area (Å²) >= 11 is 3.41. The molecule has 1 atom stereocenters. The SMILES string of the molecule is CC(C)(C)C(O)CNC(=O)CCc1cccc(Br)c1. The Morgan fingerprint density at radius 3 is 2.68 bits per heavy atom. The Labute approximate surface area is 123 Å². The molecule has 4 heteroatoms. The summed E-state index contributed by atoms with van der Waals surface area (Å²) in [6.45, 7) is 6.16. The number of halogens is 1. The van der Waals surface area contributed by atoms with Crippen LogP contribution in [0.1, 0.15) is 32.8 Å². The quantitative estimate of drug-likeness (QED) is 0.873. The molecule has 0 saturated carbocycles. The third-order valence-electron chi connectivity index (χ3n) is 3.02. The molecule has 2 N–H and O–H groups in total. The maximum Gasteiger partial charge on any atom is 0.220 e. The molecular weight excluding hydrogens is 306 g/mol. The van der Waals surface area contributed by atoms with Gasteiger partial charge in [0, 0.05) is 17.4 Å². The molecule has 0 bridgehead atoms. The van der Waals surface area contributed by atoms with Crippen molar-refractivity contribution in [3.63, 3.8) is 0 Å². The standard InChI is InChI=1S/C15H22BrNO2/c1-15(2,3)13(18)10-17-14(19)8-7-11-5-4-6-12(16)9-11/h4-6,9,13,18H,7-8,10H2,1-3H3,(H,17,19). The number of hydrogen-bond acceptors (Lipinski definition) is 2. The molecule has 0 saturated heterocycles. The number of carbonyl (C=O) groups excluding carboxylic acids is 1. The van der Waals surface area contributed by atoms with Gasteiger partial charge in [0.05, 0.1) is 6.10 Å². The Bertz CT molecular complexity index is 426. The molecule has 0 spiro atoms. The van der Waals surface area contributed by atoms with Gasteiger partial charge in [0.15, 0.2) is 0 Å². The van der Waals surface area contributed by atoms with Crippen LogP contribution in [0.2, 0.25) is 0 Å². The van der Waals surface area contributed by atoms with Crippen LogP contribution in [0, 0.1) is 5.41 Å². The molecule has 0 aliphatic carbocycles. The van der Waals surface area contributed by atoms with Crippen molar-refractivity contribution in [1.82, 2.24) is 5.32 Å². The van der Waals surface area contributed by atoms with E-state index >= 15 is 0 Å². The van der Waals surface area contributed by atoms with Gasteiger partial charge in [-0.3, -0.25) is 4.79 Å². The van der Waals surface area contributed by atoms with E-state index in [1.54, 1.807) is 0 Å². The van der Waals surface area contributed by atoms with Crippen molar-refractivity contribution in [2.24, 2.45) is 5.41 Å². The molecule has 3 nitrogen and oxygen atoms in total. The van der Waals surface area contributed by atoms with E-state index in [9.17, 15) is 9.90 Å². The second-order valence-corrected chi connectivity index (χ2v) is 6.73. The minimum Gasteiger partial charge on any atom is -0.391 e. The predicted octanol–water partition coefficient (Wildman–Crippen LogP) is 2.90. The van der Waals surface area contributed by atoms with Gasteiger partial charge in [0.25, 0.3) is 0 Å². The third kappa shape index (κ3) is 6.21. The van der Waals surface area contributed by atoms with E-state index in [0.29, 0.717) is 19.4 Å². The van der Waals surface area contributed by atoms with E-state index in [0.717, 1.165) is 10.0 Å². The minimum absolute atomic E-state index is 0.0247. The fourth-order valence-electron chi connectivity index (χ4n) is 1.56. The predicted molar refractivity (Wildman–Crippen MR) is 80.9 cm³/mol. The molecule has 106 valence electrons. The summed E-state index contributed by atoms with van der Waals surface area (Å²) in [7, 11) is 0. The van der Waals surface area contributed by atoms with Gasteiger partial charge < -0.3 is 10.4 Å². The number of amides is 1. The van der Waals surface area contributed by atoms with Gasteiger partial charge >= 0.3 is 0 Å². The lowest BCUT2D eigenvalue weighted by Gasteiger charge is -2.25. The van der Waals surface area contributed by atoms with E-state index in [1.165, 1.54) is 0 Å². The highest BCUT2D eigenvalue weighted by Crippen LogP contribution is 2.18. The molecule has 1 amide bonds. The summed E-state index contributed by atoms with van der Waals surface area (Å²) in [5.41, 5.74) is 0.915. The van der Waals surface area contributed by atoms with Crippen molar-refractivity contribution in [3.8, 4) is 0 Å². The molecule has 1 unspecified atom stereocenters. The van der Waals surface area contributed by atoms with Crippen LogP contribution in [0.25, 0.3) is 0 Å². The van der Waals surface area contributed by atoms with Crippen LogP contribution in [-0.4, -0.2) is 23.7 Å². The van der Waals surface area contributed by atoms with Crippen molar-refractivity contribution in [1.29, 1.82) is 0 Å². The molecule has 0 radical (unpaired) electrons. The summed E-state index contributed by atoms with van der Waals surface area (Å²) in [6.07, 6.45) is 0.617. The molecular formula is C15H22BrNO2. The smallest absolute Gasteiger partial charge is 0.220 e.